The third kappa shape index (κ3) is 3.87. The molecule has 2 aliphatic carbocycles. The van der Waals surface area contributed by atoms with Crippen molar-refractivity contribution in [2.75, 3.05) is 17.7 Å². The predicted octanol–water partition coefficient (Wildman–Crippen LogP) is 2.78. The molecule has 0 spiro atoms. The lowest BCUT2D eigenvalue weighted by atomic mass is 9.67. The summed E-state index contributed by atoms with van der Waals surface area (Å²) in [7, 11) is 0. The number of carbonyl (C=O) groups excluding carboxylic acids is 2. The molecule has 3 N–H and O–H groups in total. The molecule has 1 aromatic rings. The van der Waals surface area contributed by atoms with Gasteiger partial charge in [0.25, 0.3) is 0 Å². The van der Waals surface area contributed by atoms with E-state index in [0.717, 1.165) is 31.4 Å². The van der Waals surface area contributed by atoms with Gasteiger partial charge in [0.05, 0.1) is 5.92 Å². The number of nitrogens with two attached hydrogens (primary N) is 1. The van der Waals surface area contributed by atoms with Crippen molar-refractivity contribution in [2.45, 2.75) is 55.5 Å². The first-order valence-corrected chi connectivity index (χ1v) is 11.3. The lowest BCUT2D eigenvalue weighted by molar-refractivity contribution is -0.128. The molecule has 1 aromatic carbocycles. The number of hydrogen-bond donors (Lipinski definition) is 2. The van der Waals surface area contributed by atoms with E-state index in [9.17, 15) is 9.59 Å². The number of amides is 2. The van der Waals surface area contributed by atoms with Gasteiger partial charge in [-0.1, -0.05) is 6.42 Å². The topological polar surface area (TPSA) is 75.4 Å². The highest BCUT2D eigenvalue weighted by Crippen LogP contribution is 2.40. The number of benzene rings is 1. The molecule has 3 atom stereocenters. The van der Waals surface area contributed by atoms with Gasteiger partial charge in [-0.05, 0) is 68.0 Å². The highest BCUT2D eigenvalue weighted by Gasteiger charge is 2.42. The van der Waals surface area contributed by atoms with Crippen LogP contribution in [0.1, 0.15) is 38.5 Å². The van der Waals surface area contributed by atoms with Crippen molar-refractivity contribution in [1.82, 2.24) is 5.32 Å². The number of rotatable bonds is 4. The van der Waals surface area contributed by atoms with E-state index >= 15 is 0 Å². The average molecular weight is 388 g/mol. The third-order valence-electron chi connectivity index (χ3n) is 6.57. The number of anilines is 1. The normalized spacial score (nSPS) is 33.2. The Morgan fingerprint density at radius 3 is 2.48 bits per heavy atom. The molecule has 3 unspecified atom stereocenters. The maximum Gasteiger partial charge on any atom is 0.227 e. The minimum Gasteiger partial charge on any atom is -0.353 e. The van der Waals surface area contributed by atoms with Crippen LogP contribution in [-0.4, -0.2) is 36.7 Å². The maximum atomic E-state index is 12.9. The van der Waals surface area contributed by atoms with Crippen LogP contribution in [0.4, 0.5) is 5.69 Å². The summed E-state index contributed by atoms with van der Waals surface area (Å²) >= 11 is 1.68. The Morgan fingerprint density at radius 2 is 1.85 bits per heavy atom. The summed E-state index contributed by atoms with van der Waals surface area (Å²) in [4.78, 5) is 28.3. The standard InChI is InChI=1S/C21H29N3O2S/c1-27-18-7-5-17(6-8-18)24-12-15(11-19(24)25)21(26)23-20-13-3-2-4-14(20)10-16(22)9-13/h5-8,13-16,20H,2-4,9-12,22H2,1H3,(H,23,26). The minimum atomic E-state index is -0.256. The Kier molecular flexibility index (Phi) is 5.46. The second-order valence-corrected chi connectivity index (χ2v) is 9.20. The van der Waals surface area contributed by atoms with Gasteiger partial charge in [-0.3, -0.25) is 9.59 Å². The van der Waals surface area contributed by atoms with Crippen LogP contribution >= 0.6 is 11.8 Å². The van der Waals surface area contributed by atoms with Gasteiger partial charge in [0.15, 0.2) is 0 Å². The smallest absolute Gasteiger partial charge is 0.227 e. The summed E-state index contributed by atoms with van der Waals surface area (Å²) < 4.78 is 0. The second-order valence-electron chi connectivity index (χ2n) is 8.32. The summed E-state index contributed by atoms with van der Waals surface area (Å²) in [5.41, 5.74) is 7.08. The molecule has 0 radical (unpaired) electrons. The van der Waals surface area contributed by atoms with Crippen molar-refractivity contribution >= 4 is 29.3 Å². The monoisotopic (exact) mass is 387 g/mol. The largest absolute Gasteiger partial charge is 0.353 e. The maximum absolute atomic E-state index is 12.9. The van der Waals surface area contributed by atoms with E-state index in [2.05, 4.69) is 5.32 Å². The molecular weight excluding hydrogens is 358 g/mol. The molecule has 146 valence electrons. The Bertz CT molecular complexity index is 694. The molecule has 1 saturated heterocycles. The van der Waals surface area contributed by atoms with Crippen molar-refractivity contribution in [3.8, 4) is 0 Å². The Morgan fingerprint density at radius 1 is 1.19 bits per heavy atom. The molecule has 0 aromatic heterocycles. The second kappa shape index (κ2) is 7.84. The van der Waals surface area contributed by atoms with Gasteiger partial charge in [0.2, 0.25) is 11.8 Å². The molecular formula is C21H29N3O2S. The van der Waals surface area contributed by atoms with Crippen molar-refractivity contribution < 1.29 is 9.59 Å². The highest BCUT2D eigenvalue weighted by molar-refractivity contribution is 7.98. The zero-order chi connectivity index (χ0) is 19.0. The van der Waals surface area contributed by atoms with Gasteiger partial charge in [0.1, 0.15) is 0 Å². The molecule has 2 amide bonds. The van der Waals surface area contributed by atoms with Crippen LogP contribution in [0, 0.1) is 17.8 Å². The molecule has 2 bridgehead atoms. The summed E-state index contributed by atoms with van der Waals surface area (Å²) in [6, 6.07) is 8.51. The quantitative estimate of drug-likeness (QED) is 0.779. The molecule has 6 heteroatoms. The molecule has 1 heterocycles. The predicted molar refractivity (Wildman–Crippen MR) is 109 cm³/mol. The average Bonchev–Trinajstić information content (AvgIpc) is 3.04. The van der Waals surface area contributed by atoms with Crippen molar-refractivity contribution in [3.05, 3.63) is 24.3 Å². The fourth-order valence-electron chi connectivity index (χ4n) is 5.20. The summed E-state index contributed by atoms with van der Waals surface area (Å²) in [6.07, 6.45) is 7.93. The summed E-state index contributed by atoms with van der Waals surface area (Å²) in [6.45, 7) is 0.477. The van der Waals surface area contributed by atoms with Crippen LogP contribution in [0.5, 0.6) is 0 Å². The van der Waals surface area contributed by atoms with E-state index in [1.54, 1.807) is 16.7 Å². The Balaban J connectivity index is 1.40. The fraction of sp³-hybridized carbons (Fsp3) is 0.619. The van der Waals surface area contributed by atoms with Crippen LogP contribution in [-0.2, 0) is 9.59 Å². The van der Waals surface area contributed by atoms with Crippen molar-refractivity contribution in [2.24, 2.45) is 23.5 Å². The SMILES string of the molecule is CSc1ccc(N2CC(C(=O)NC3C4CCCC3CC(N)C4)CC2=O)cc1. The van der Waals surface area contributed by atoms with Gasteiger partial charge in [0, 0.05) is 35.6 Å². The van der Waals surface area contributed by atoms with Crippen LogP contribution in [0.3, 0.4) is 0 Å². The van der Waals surface area contributed by atoms with E-state index in [1.165, 1.54) is 11.3 Å². The number of nitrogens with zero attached hydrogens (tertiary/aromatic N) is 1. The van der Waals surface area contributed by atoms with Crippen LogP contribution in [0.2, 0.25) is 0 Å². The molecule has 4 rings (SSSR count). The van der Waals surface area contributed by atoms with Gasteiger partial charge in [-0.25, -0.2) is 0 Å². The fourth-order valence-corrected chi connectivity index (χ4v) is 5.61. The summed E-state index contributed by atoms with van der Waals surface area (Å²) in [5.74, 6) is 0.836. The lowest BCUT2D eigenvalue weighted by Gasteiger charge is -2.45. The first-order chi connectivity index (χ1) is 13.0. The first kappa shape index (κ1) is 18.8. The lowest BCUT2D eigenvalue weighted by Crippen LogP contribution is -2.54. The number of fused-ring (bicyclic) bond motifs is 2. The molecule has 3 fully saturated rings. The van der Waals surface area contributed by atoms with E-state index in [-0.39, 0.29) is 29.8 Å². The number of nitrogens with one attached hydrogen (secondary N) is 1. The zero-order valence-corrected chi connectivity index (χ0v) is 16.7. The molecule has 27 heavy (non-hydrogen) atoms. The van der Waals surface area contributed by atoms with E-state index in [4.69, 9.17) is 5.73 Å². The van der Waals surface area contributed by atoms with E-state index < -0.39 is 0 Å². The van der Waals surface area contributed by atoms with Crippen LogP contribution in [0.15, 0.2) is 29.2 Å². The van der Waals surface area contributed by atoms with Crippen molar-refractivity contribution in [3.63, 3.8) is 0 Å². The minimum absolute atomic E-state index is 0.0397. The Labute approximate surface area is 165 Å². The van der Waals surface area contributed by atoms with Crippen molar-refractivity contribution in [1.29, 1.82) is 0 Å². The van der Waals surface area contributed by atoms with Gasteiger partial charge in [-0.15, -0.1) is 11.8 Å². The first-order valence-electron chi connectivity index (χ1n) is 10.1. The molecule has 2 saturated carbocycles. The Hall–Kier alpha value is -1.53. The van der Waals surface area contributed by atoms with Crippen LogP contribution in [0.25, 0.3) is 0 Å². The van der Waals surface area contributed by atoms with Gasteiger partial charge < -0.3 is 16.0 Å². The number of carbonyl (C=O) groups is 2. The zero-order valence-electron chi connectivity index (χ0n) is 15.9. The molecule has 3 aliphatic rings. The highest BCUT2D eigenvalue weighted by atomic mass is 32.2. The van der Waals surface area contributed by atoms with E-state index in [0.29, 0.717) is 24.8 Å². The number of hydrogen-bond acceptors (Lipinski definition) is 4. The molecule has 5 nitrogen and oxygen atoms in total. The third-order valence-corrected chi connectivity index (χ3v) is 7.31. The van der Waals surface area contributed by atoms with E-state index in [1.807, 2.05) is 30.5 Å². The van der Waals surface area contributed by atoms with Gasteiger partial charge >= 0.3 is 0 Å². The van der Waals surface area contributed by atoms with Crippen LogP contribution < -0.4 is 16.0 Å². The number of thioether (sulfide) groups is 1. The summed E-state index contributed by atoms with van der Waals surface area (Å²) in [5, 5.41) is 3.32. The molecule has 1 aliphatic heterocycles. The van der Waals surface area contributed by atoms with Gasteiger partial charge in [-0.2, -0.15) is 0 Å².